The molecule has 0 aliphatic carbocycles. The maximum absolute atomic E-state index is 12.2. The third kappa shape index (κ3) is 9.86. The predicted octanol–water partition coefficient (Wildman–Crippen LogP) is 5.11. The molecule has 6 nitrogen and oxygen atoms in total. The molecule has 0 aliphatic rings. The van der Waals surface area contributed by atoms with Crippen molar-refractivity contribution in [2.45, 2.75) is 78.4 Å². The van der Waals surface area contributed by atoms with Crippen LogP contribution in [0.5, 0.6) is 11.5 Å². The van der Waals surface area contributed by atoms with Crippen LogP contribution < -0.4 is 20.1 Å². The third-order valence-electron chi connectivity index (χ3n) is 5.74. The first kappa shape index (κ1) is 27.2. The molecule has 0 fully saturated rings. The minimum atomic E-state index is -0.513. The van der Waals surface area contributed by atoms with Crippen LogP contribution in [0.25, 0.3) is 0 Å². The summed E-state index contributed by atoms with van der Waals surface area (Å²) in [5, 5.41) is 5.91. The minimum absolute atomic E-state index is 0.0837. The van der Waals surface area contributed by atoms with Crippen molar-refractivity contribution in [3.63, 3.8) is 0 Å². The van der Waals surface area contributed by atoms with Crippen LogP contribution in [-0.2, 0) is 9.59 Å². The van der Waals surface area contributed by atoms with Gasteiger partial charge in [0, 0.05) is 13.1 Å². The molecule has 0 spiro atoms. The Morgan fingerprint density at radius 3 is 1.38 bits per heavy atom. The van der Waals surface area contributed by atoms with E-state index in [-0.39, 0.29) is 11.8 Å². The molecule has 34 heavy (non-hydrogen) atoms. The van der Waals surface area contributed by atoms with Gasteiger partial charge in [-0.05, 0) is 63.8 Å². The average molecular weight is 469 g/mol. The van der Waals surface area contributed by atoms with Crippen LogP contribution in [0.1, 0.15) is 63.5 Å². The van der Waals surface area contributed by atoms with Crippen molar-refractivity contribution in [3.05, 3.63) is 59.7 Å². The van der Waals surface area contributed by atoms with E-state index < -0.39 is 12.2 Å². The van der Waals surface area contributed by atoms with Gasteiger partial charge in [-0.3, -0.25) is 9.59 Å². The Kier molecular flexibility index (Phi) is 12.0. The molecule has 0 aromatic heterocycles. The van der Waals surface area contributed by atoms with Gasteiger partial charge in [-0.25, -0.2) is 0 Å². The number of carbonyl (C=O) groups excluding carboxylic acids is 2. The highest BCUT2D eigenvalue weighted by Crippen LogP contribution is 2.18. The lowest BCUT2D eigenvalue weighted by Crippen LogP contribution is -2.37. The fourth-order valence-electron chi connectivity index (χ4n) is 3.53. The number of carbonyl (C=O) groups is 2. The van der Waals surface area contributed by atoms with Gasteiger partial charge in [-0.1, -0.05) is 62.1 Å². The number of nitrogens with one attached hydrogen (secondary N) is 2. The van der Waals surface area contributed by atoms with E-state index in [9.17, 15) is 9.59 Å². The monoisotopic (exact) mass is 468 g/mol. The summed E-state index contributed by atoms with van der Waals surface area (Å²) in [6.07, 6.45) is 5.25. The molecule has 2 aromatic carbocycles. The summed E-state index contributed by atoms with van der Waals surface area (Å²) in [5.74, 6) is 1.32. The van der Waals surface area contributed by atoms with Crippen molar-refractivity contribution < 1.29 is 19.1 Å². The first-order valence-electron chi connectivity index (χ1n) is 12.4. The van der Waals surface area contributed by atoms with E-state index in [1.807, 2.05) is 62.4 Å². The lowest BCUT2D eigenvalue weighted by molar-refractivity contribution is -0.127. The highest BCUT2D eigenvalue weighted by molar-refractivity contribution is 5.81. The van der Waals surface area contributed by atoms with Crippen molar-refractivity contribution >= 4 is 11.8 Å². The molecule has 0 heterocycles. The summed E-state index contributed by atoms with van der Waals surface area (Å²) < 4.78 is 11.5. The molecule has 0 saturated heterocycles. The Labute approximate surface area is 204 Å². The van der Waals surface area contributed by atoms with Crippen molar-refractivity contribution in [1.82, 2.24) is 10.6 Å². The molecule has 2 amide bonds. The summed E-state index contributed by atoms with van der Waals surface area (Å²) in [6, 6.07) is 15.4. The first-order chi connectivity index (χ1) is 16.4. The van der Waals surface area contributed by atoms with Gasteiger partial charge in [0.05, 0.1) is 0 Å². The Bertz CT molecular complexity index is 826. The topological polar surface area (TPSA) is 76.7 Å². The molecule has 2 N–H and O–H groups in total. The van der Waals surface area contributed by atoms with Crippen LogP contribution in [0.2, 0.25) is 0 Å². The largest absolute Gasteiger partial charge is 0.481 e. The average Bonchev–Trinajstić information content (AvgIpc) is 2.82. The van der Waals surface area contributed by atoms with E-state index in [0.717, 1.165) is 61.2 Å². The summed E-state index contributed by atoms with van der Waals surface area (Å²) in [5.41, 5.74) is 2.04. The molecule has 0 radical (unpaired) electrons. The molecule has 2 atom stereocenters. The molecule has 6 heteroatoms. The third-order valence-corrected chi connectivity index (χ3v) is 5.74. The van der Waals surface area contributed by atoms with Gasteiger partial charge in [0.25, 0.3) is 11.8 Å². The Morgan fingerprint density at radius 2 is 1.00 bits per heavy atom. The van der Waals surface area contributed by atoms with Crippen molar-refractivity contribution in [2.75, 3.05) is 13.1 Å². The second-order valence-electron chi connectivity index (χ2n) is 8.75. The number of para-hydroxylation sites is 2. The van der Waals surface area contributed by atoms with E-state index in [1.165, 1.54) is 0 Å². The molecule has 2 aromatic rings. The normalized spacial score (nSPS) is 12.5. The van der Waals surface area contributed by atoms with Crippen molar-refractivity contribution in [3.8, 4) is 11.5 Å². The second-order valence-corrected chi connectivity index (χ2v) is 8.75. The summed E-state index contributed by atoms with van der Waals surface area (Å²) in [7, 11) is 0. The van der Waals surface area contributed by atoms with Crippen LogP contribution >= 0.6 is 0 Å². The van der Waals surface area contributed by atoms with E-state index in [4.69, 9.17) is 9.47 Å². The number of aryl methyl sites for hydroxylation is 2. The standard InChI is InChI=1S/C28H40N2O4/c1-21-15-9-11-17-25(21)33-23(3)27(31)29-19-13-7-5-6-8-14-20-30-28(32)24(4)34-26-18-12-10-16-22(26)2/h9-12,15-18,23-24H,5-8,13-14,19-20H2,1-4H3,(H,29,31)(H,30,32). The Hall–Kier alpha value is -3.02. The fourth-order valence-corrected chi connectivity index (χ4v) is 3.53. The number of amides is 2. The maximum Gasteiger partial charge on any atom is 0.260 e. The van der Waals surface area contributed by atoms with Crippen LogP contribution in [0.15, 0.2) is 48.5 Å². The second kappa shape index (κ2) is 15.0. The zero-order chi connectivity index (χ0) is 24.8. The lowest BCUT2D eigenvalue weighted by Gasteiger charge is -2.16. The van der Waals surface area contributed by atoms with Gasteiger partial charge in [0.2, 0.25) is 0 Å². The molecule has 2 rings (SSSR count). The number of ether oxygens (including phenoxy) is 2. The van der Waals surface area contributed by atoms with E-state index in [1.54, 1.807) is 13.8 Å². The van der Waals surface area contributed by atoms with Crippen LogP contribution in [0, 0.1) is 13.8 Å². The number of unbranched alkanes of at least 4 members (excludes halogenated alkanes) is 5. The fraction of sp³-hybridized carbons (Fsp3) is 0.500. The van der Waals surface area contributed by atoms with Gasteiger partial charge < -0.3 is 20.1 Å². The number of hydrogen-bond acceptors (Lipinski definition) is 4. The SMILES string of the molecule is Cc1ccccc1OC(C)C(=O)NCCCCCCCCNC(=O)C(C)Oc1ccccc1C. The number of rotatable bonds is 15. The van der Waals surface area contributed by atoms with Crippen molar-refractivity contribution in [1.29, 1.82) is 0 Å². The van der Waals surface area contributed by atoms with Gasteiger partial charge in [-0.2, -0.15) is 0 Å². The molecule has 186 valence electrons. The summed E-state index contributed by atoms with van der Waals surface area (Å²) >= 11 is 0. The van der Waals surface area contributed by atoms with Gasteiger partial charge in [-0.15, -0.1) is 0 Å². The predicted molar refractivity (Wildman–Crippen MR) is 136 cm³/mol. The quantitative estimate of drug-likeness (QED) is 0.356. The number of benzene rings is 2. The Balaban J connectivity index is 1.46. The molecular formula is C28H40N2O4. The maximum atomic E-state index is 12.2. The lowest BCUT2D eigenvalue weighted by atomic mass is 10.1. The summed E-state index contributed by atoms with van der Waals surface area (Å²) in [6.45, 7) is 8.81. The van der Waals surface area contributed by atoms with Gasteiger partial charge in [0.1, 0.15) is 11.5 Å². The van der Waals surface area contributed by atoms with E-state index in [2.05, 4.69) is 10.6 Å². The Morgan fingerprint density at radius 1 is 0.647 bits per heavy atom. The molecule has 0 bridgehead atoms. The van der Waals surface area contributed by atoms with Crippen LogP contribution in [0.3, 0.4) is 0 Å². The van der Waals surface area contributed by atoms with Gasteiger partial charge in [0.15, 0.2) is 12.2 Å². The van der Waals surface area contributed by atoms with Crippen molar-refractivity contribution in [2.24, 2.45) is 0 Å². The molecule has 0 aliphatic heterocycles. The highest BCUT2D eigenvalue weighted by Gasteiger charge is 2.15. The van der Waals surface area contributed by atoms with Crippen LogP contribution in [-0.4, -0.2) is 37.1 Å². The molecular weight excluding hydrogens is 428 g/mol. The summed E-state index contributed by atoms with van der Waals surface area (Å²) in [4.78, 5) is 24.4. The highest BCUT2D eigenvalue weighted by atomic mass is 16.5. The first-order valence-corrected chi connectivity index (χ1v) is 12.4. The van der Waals surface area contributed by atoms with E-state index in [0.29, 0.717) is 13.1 Å². The smallest absolute Gasteiger partial charge is 0.260 e. The van der Waals surface area contributed by atoms with E-state index >= 15 is 0 Å². The van der Waals surface area contributed by atoms with Gasteiger partial charge >= 0.3 is 0 Å². The zero-order valence-corrected chi connectivity index (χ0v) is 21.1. The minimum Gasteiger partial charge on any atom is -0.481 e. The zero-order valence-electron chi connectivity index (χ0n) is 21.1. The molecule has 0 saturated carbocycles. The van der Waals surface area contributed by atoms with Crippen LogP contribution in [0.4, 0.5) is 0 Å². The molecule has 2 unspecified atom stereocenters. The number of hydrogen-bond donors (Lipinski definition) is 2.